The Morgan fingerprint density at radius 3 is 2.61 bits per heavy atom. The lowest BCUT2D eigenvalue weighted by Gasteiger charge is -2.11. The molecule has 4 aromatic rings. The molecule has 0 unspecified atom stereocenters. The first-order valence-electron chi connectivity index (χ1n) is 8.72. The van der Waals surface area contributed by atoms with Gasteiger partial charge in [0.05, 0.1) is 4.88 Å². The first-order chi connectivity index (χ1) is 13.7. The number of para-hydroxylation sites is 1. The van der Waals surface area contributed by atoms with Crippen molar-refractivity contribution < 1.29 is 9.21 Å². The average molecular weight is 391 g/mol. The highest BCUT2D eigenvalue weighted by atomic mass is 32.1. The van der Waals surface area contributed by atoms with E-state index >= 15 is 0 Å². The van der Waals surface area contributed by atoms with Gasteiger partial charge < -0.3 is 9.73 Å². The van der Waals surface area contributed by atoms with E-state index in [1.54, 1.807) is 6.07 Å². The van der Waals surface area contributed by atoms with Gasteiger partial charge in [0.15, 0.2) is 0 Å². The van der Waals surface area contributed by atoms with Crippen LogP contribution in [0.3, 0.4) is 0 Å². The number of thiophene rings is 1. The molecule has 140 valence electrons. The molecule has 0 radical (unpaired) electrons. The van der Waals surface area contributed by atoms with Gasteiger partial charge >= 0.3 is 5.76 Å². The number of rotatable bonds is 6. The second kappa shape index (κ2) is 8.06. The summed E-state index contributed by atoms with van der Waals surface area (Å²) in [6.45, 7) is -0.215. The first kappa shape index (κ1) is 17.9. The molecule has 0 aliphatic heterocycles. The van der Waals surface area contributed by atoms with Crippen molar-refractivity contribution >= 4 is 22.9 Å². The van der Waals surface area contributed by atoms with Gasteiger partial charge in [-0.1, -0.05) is 54.6 Å². The largest absolute Gasteiger partial charge is 0.437 e. The summed E-state index contributed by atoms with van der Waals surface area (Å²) in [7, 11) is 0. The summed E-state index contributed by atoms with van der Waals surface area (Å²) in [4.78, 5) is 25.2. The van der Waals surface area contributed by atoms with E-state index in [9.17, 15) is 9.59 Å². The van der Waals surface area contributed by atoms with E-state index in [1.807, 2.05) is 66.0 Å². The van der Waals surface area contributed by atoms with Crippen LogP contribution in [0.1, 0.15) is 11.1 Å². The fourth-order valence-electron chi connectivity index (χ4n) is 2.84. The standard InChI is InChI=1S/C21H17N3O3S/c25-19(14-24-21(26)27-20(23-24)18-11-6-12-28-18)22-17-10-5-4-9-16(17)13-15-7-2-1-3-8-15/h1-12H,13-14H2,(H,22,25). The van der Waals surface area contributed by atoms with Crippen LogP contribution in [0.5, 0.6) is 0 Å². The molecule has 0 bridgehead atoms. The molecule has 0 saturated carbocycles. The monoisotopic (exact) mass is 391 g/mol. The van der Waals surface area contributed by atoms with E-state index in [0.29, 0.717) is 12.1 Å². The zero-order chi connectivity index (χ0) is 19.3. The van der Waals surface area contributed by atoms with E-state index in [4.69, 9.17) is 4.42 Å². The second-order valence-electron chi connectivity index (χ2n) is 6.18. The predicted octanol–water partition coefficient (Wildman–Crippen LogP) is 3.79. The van der Waals surface area contributed by atoms with E-state index in [-0.39, 0.29) is 18.3 Å². The van der Waals surface area contributed by atoms with Crippen LogP contribution < -0.4 is 11.1 Å². The normalized spacial score (nSPS) is 10.7. The third kappa shape index (κ3) is 4.10. The molecule has 0 saturated heterocycles. The van der Waals surface area contributed by atoms with Crippen LogP contribution in [0.2, 0.25) is 0 Å². The van der Waals surface area contributed by atoms with Crippen molar-refractivity contribution in [1.82, 2.24) is 9.78 Å². The van der Waals surface area contributed by atoms with E-state index in [2.05, 4.69) is 10.4 Å². The molecule has 28 heavy (non-hydrogen) atoms. The molecule has 7 heteroatoms. The van der Waals surface area contributed by atoms with Crippen molar-refractivity contribution in [3.63, 3.8) is 0 Å². The molecule has 4 rings (SSSR count). The Morgan fingerprint density at radius 1 is 1.04 bits per heavy atom. The van der Waals surface area contributed by atoms with Crippen LogP contribution in [-0.2, 0) is 17.8 Å². The van der Waals surface area contributed by atoms with Gasteiger partial charge in [0.2, 0.25) is 5.91 Å². The fourth-order valence-corrected chi connectivity index (χ4v) is 3.49. The maximum absolute atomic E-state index is 12.5. The third-order valence-corrected chi connectivity index (χ3v) is 5.02. The lowest BCUT2D eigenvalue weighted by molar-refractivity contribution is -0.117. The number of nitrogens with one attached hydrogen (secondary N) is 1. The number of aromatic nitrogens is 2. The number of benzene rings is 2. The topological polar surface area (TPSA) is 77.1 Å². The van der Waals surface area contributed by atoms with Gasteiger partial charge in [-0.3, -0.25) is 4.79 Å². The number of carbonyl (C=O) groups excluding carboxylic acids is 1. The van der Waals surface area contributed by atoms with Crippen LogP contribution in [-0.4, -0.2) is 15.7 Å². The highest BCUT2D eigenvalue weighted by molar-refractivity contribution is 7.13. The summed E-state index contributed by atoms with van der Waals surface area (Å²) in [5, 5.41) is 8.85. The molecular formula is C21H17N3O3S. The molecule has 6 nitrogen and oxygen atoms in total. The first-order valence-corrected chi connectivity index (χ1v) is 9.60. The van der Waals surface area contributed by atoms with Crippen molar-refractivity contribution in [2.45, 2.75) is 13.0 Å². The minimum atomic E-state index is -0.656. The zero-order valence-corrected chi connectivity index (χ0v) is 15.7. The number of nitrogens with zero attached hydrogens (tertiary/aromatic N) is 2. The molecule has 0 atom stereocenters. The average Bonchev–Trinajstić information content (AvgIpc) is 3.35. The van der Waals surface area contributed by atoms with Gasteiger partial charge in [0.1, 0.15) is 6.54 Å². The van der Waals surface area contributed by atoms with Crippen LogP contribution >= 0.6 is 11.3 Å². The van der Waals surface area contributed by atoms with E-state index in [1.165, 1.54) is 11.3 Å². The lowest BCUT2D eigenvalue weighted by Crippen LogP contribution is -2.26. The summed E-state index contributed by atoms with van der Waals surface area (Å²) in [6, 6.07) is 21.3. The quantitative estimate of drug-likeness (QED) is 0.542. The number of hydrogen-bond donors (Lipinski definition) is 1. The fraction of sp³-hybridized carbons (Fsp3) is 0.0952. The zero-order valence-electron chi connectivity index (χ0n) is 14.9. The number of amides is 1. The van der Waals surface area contributed by atoms with Gasteiger partial charge in [-0.25, -0.2) is 4.79 Å². The Labute approximate surface area is 165 Å². The van der Waals surface area contributed by atoms with Crippen LogP contribution in [0.4, 0.5) is 5.69 Å². The third-order valence-electron chi connectivity index (χ3n) is 4.16. The molecule has 0 fully saturated rings. The highest BCUT2D eigenvalue weighted by Crippen LogP contribution is 2.21. The molecule has 2 aromatic heterocycles. The Balaban J connectivity index is 1.48. The Hall–Kier alpha value is -3.45. The summed E-state index contributed by atoms with van der Waals surface area (Å²) < 4.78 is 6.17. The summed E-state index contributed by atoms with van der Waals surface area (Å²) in [6.07, 6.45) is 0.698. The second-order valence-corrected chi connectivity index (χ2v) is 7.12. The number of carbonyl (C=O) groups is 1. The maximum atomic E-state index is 12.5. The SMILES string of the molecule is O=C(Cn1nc(-c2cccs2)oc1=O)Nc1ccccc1Cc1ccccc1. The summed E-state index contributed by atoms with van der Waals surface area (Å²) >= 11 is 1.41. The number of hydrogen-bond acceptors (Lipinski definition) is 5. The van der Waals surface area contributed by atoms with Crippen LogP contribution in [0.25, 0.3) is 10.8 Å². The van der Waals surface area contributed by atoms with Gasteiger partial charge in [-0.2, -0.15) is 4.68 Å². The van der Waals surface area contributed by atoms with Crippen molar-refractivity contribution in [3.05, 3.63) is 93.8 Å². The van der Waals surface area contributed by atoms with Crippen molar-refractivity contribution in [2.75, 3.05) is 5.32 Å². The van der Waals surface area contributed by atoms with Crippen LogP contribution in [0.15, 0.2) is 81.3 Å². The molecule has 1 amide bonds. The van der Waals surface area contributed by atoms with Crippen molar-refractivity contribution in [3.8, 4) is 10.8 Å². The Morgan fingerprint density at radius 2 is 1.82 bits per heavy atom. The molecule has 1 N–H and O–H groups in total. The molecule has 0 aliphatic rings. The summed E-state index contributed by atoms with van der Waals surface area (Å²) in [5.41, 5.74) is 2.86. The maximum Gasteiger partial charge on any atom is 0.437 e. The smallest absolute Gasteiger partial charge is 0.387 e. The highest BCUT2D eigenvalue weighted by Gasteiger charge is 2.15. The van der Waals surface area contributed by atoms with Gasteiger partial charge in [-0.05, 0) is 35.1 Å². The van der Waals surface area contributed by atoms with Crippen LogP contribution in [0, 0.1) is 0 Å². The van der Waals surface area contributed by atoms with Gasteiger partial charge in [-0.15, -0.1) is 16.4 Å². The van der Waals surface area contributed by atoms with E-state index < -0.39 is 5.76 Å². The molecule has 2 heterocycles. The van der Waals surface area contributed by atoms with Gasteiger partial charge in [0.25, 0.3) is 5.89 Å². The predicted molar refractivity (Wildman–Crippen MR) is 108 cm³/mol. The Kier molecular flexibility index (Phi) is 5.16. The van der Waals surface area contributed by atoms with Crippen molar-refractivity contribution in [2.24, 2.45) is 0 Å². The number of anilines is 1. The summed E-state index contributed by atoms with van der Waals surface area (Å²) in [5.74, 6) is -0.776. The molecule has 0 spiro atoms. The minimum absolute atomic E-state index is 0.215. The minimum Gasteiger partial charge on any atom is -0.387 e. The Bertz CT molecular complexity index is 1130. The van der Waals surface area contributed by atoms with Crippen molar-refractivity contribution in [1.29, 1.82) is 0 Å². The van der Waals surface area contributed by atoms with E-state index in [0.717, 1.165) is 20.7 Å². The molecular weight excluding hydrogens is 374 g/mol. The van der Waals surface area contributed by atoms with Gasteiger partial charge in [0, 0.05) is 5.69 Å². The molecule has 0 aliphatic carbocycles. The lowest BCUT2D eigenvalue weighted by atomic mass is 10.0. The molecule has 2 aromatic carbocycles.